The molecule has 1 aliphatic rings. The maximum atomic E-state index is 5.40. The molecule has 0 saturated carbocycles. The lowest BCUT2D eigenvalue weighted by Gasteiger charge is -2.18. The third-order valence-electron chi connectivity index (χ3n) is 1.61. The summed E-state index contributed by atoms with van der Waals surface area (Å²) < 4.78 is 5.40. The average molecular weight is 150 g/mol. The van der Waals surface area contributed by atoms with E-state index in [4.69, 9.17) is 4.74 Å². The standard InChI is InChI=1S/C10H14O/c1-8(2)7-10-9(3)5-4-6-11-10/h7H,1,3-6H2,2H3/b10-7+. The van der Waals surface area contributed by atoms with Crippen molar-refractivity contribution in [2.24, 2.45) is 0 Å². The summed E-state index contributed by atoms with van der Waals surface area (Å²) in [5, 5.41) is 0. The molecule has 0 amide bonds. The van der Waals surface area contributed by atoms with Gasteiger partial charge in [-0.15, -0.1) is 0 Å². The third kappa shape index (κ3) is 2.26. The first-order valence-corrected chi connectivity index (χ1v) is 3.88. The monoisotopic (exact) mass is 150 g/mol. The minimum absolute atomic E-state index is 0.818. The smallest absolute Gasteiger partial charge is 0.122 e. The van der Waals surface area contributed by atoms with E-state index in [1.807, 2.05) is 13.0 Å². The molecule has 0 bridgehead atoms. The van der Waals surface area contributed by atoms with E-state index in [0.29, 0.717) is 0 Å². The third-order valence-corrected chi connectivity index (χ3v) is 1.61. The lowest BCUT2D eigenvalue weighted by molar-refractivity contribution is 0.194. The molecule has 0 aromatic rings. The van der Waals surface area contributed by atoms with E-state index in [-0.39, 0.29) is 0 Å². The molecule has 0 atom stereocenters. The molecule has 0 unspecified atom stereocenters. The first kappa shape index (κ1) is 8.12. The predicted octanol–water partition coefficient (Wildman–Crippen LogP) is 2.81. The normalized spacial score (nSPS) is 21.5. The molecule has 1 aliphatic heterocycles. The molecule has 1 nitrogen and oxygen atoms in total. The molecular weight excluding hydrogens is 136 g/mol. The van der Waals surface area contributed by atoms with Gasteiger partial charge in [0.15, 0.2) is 0 Å². The Hall–Kier alpha value is -0.980. The maximum Gasteiger partial charge on any atom is 0.122 e. The summed E-state index contributed by atoms with van der Waals surface area (Å²) in [6.07, 6.45) is 4.09. The van der Waals surface area contributed by atoms with Crippen molar-refractivity contribution < 1.29 is 4.74 Å². The van der Waals surface area contributed by atoms with Crippen molar-refractivity contribution in [1.29, 1.82) is 0 Å². The molecule has 60 valence electrons. The van der Waals surface area contributed by atoms with Gasteiger partial charge in [-0.3, -0.25) is 0 Å². The van der Waals surface area contributed by atoms with Gasteiger partial charge in [0.05, 0.1) is 6.61 Å². The topological polar surface area (TPSA) is 9.23 Å². The Morgan fingerprint density at radius 1 is 1.64 bits per heavy atom. The minimum Gasteiger partial charge on any atom is -0.493 e. The number of rotatable bonds is 1. The minimum atomic E-state index is 0.818. The van der Waals surface area contributed by atoms with Gasteiger partial charge in [-0.2, -0.15) is 0 Å². The second kappa shape index (κ2) is 3.42. The molecule has 1 heteroatoms. The van der Waals surface area contributed by atoms with Crippen molar-refractivity contribution in [2.45, 2.75) is 19.8 Å². The van der Waals surface area contributed by atoms with Crippen LogP contribution in [0.4, 0.5) is 0 Å². The summed E-state index contributed by atoms with van der Waals surface area (Å²) >= 11 is 0. The van der Waals surface area contributed by atoms with Crippen LogP contribution in [-0.4, -0.2) is 6.61 Å². The van der Waals surface area contributed by atoms with E-state index in [2.05, 4.69) is 13.2 Å². The first-order chi connectivity index (χ1) is 5.20. The van der Waals surface area contributed by atoms with E-state index in [0.717, 1.165) is 36.4 Å². The van der Waals surface area contributed by atoms with Gasteiger partial charge in [-0.05, 0) is 31.4 Å². The zero-order valence-electron chi connectivity index (χ0n) is 7.02. The highest BCUT2D eigenvalue weighted by Crippen LogP contribution is 2.22. The zero-order valence-corrected chi connectivity index (χ0v) is 7.02. The Kier molecular flexibility index (Phi) is 2.53. The zero-order chi connectivity index (χ0) is 8.27. The summed E-state index contributed by atoms with van der Waals surface area (Å²) in [5.74, 6) is 0.920. The van der Waals surface area contributed by atoms with Crippen LogP contribution in [-0.2, 0) is 4.74 Å². The van der Waals surface area contributed by atoms with E-state index >= 15 is 0 Å². The number of allylic oxidation sites excluding steroid dienone is 3. The van der Waals surface area contributed by atoms with Crippen LogP contribution in [0.15, 0.2) is 36.1 Å². The molecule has 1 saturated heterocycles. The van der Waals surface area contributed by atoms with E-state index < -0.39 is 0 Å². The summed E-state index contributed by atoms with van der Waals surface area (Å²) in [7, 11) is 0. The van der Waals surface area contributed by atoms with Crippen LogP contribution in [0.2, 0.25) is 0 Å². The van der Waals surface area contributed by atoms with Gasteiger partial charge in [-0.25, -0.2) is 0 Å². The van der Waals surface area contributed by atoms with Gasteiger partial charge >= 0.3 is 0 Å². The molecule has 0 spiro atoms. The van der Waals surface area contributed by atoms with Crippen molar-refractivity contribution >= 4 is 0 Å². The van der Waals surface area contributed by atoms with Crippen molar-refractivity contribution in [3.63, 3.8) is 0 Å². The summed E-state index contributed by atoms with van der Waals surface area (Å²) in [5.41, 5.74) is 2.11. The van der Waals surface area contributed by atoms with Gasteiger partial charge in [0.25, 0.3) is 0 Å². The van der Waals surface area contributed by atoms with Crippen LogP contribution in [0, 0.1) is 0 Å². The van der Waals surface area contributed by atoms with Gasteiger partial charge in [0, 0.05) is 0 Å². The van der Waals surface area contributed by atoms with Gasteiger partial charge in [0.2, 0.25) is 0 Å². The summed E-state index contributed by atoms with van der Waals surface area (Å²) in [6, 6.07) is 0. The Morgan fingerprint density at radius 2 is 2.36 bits per heavy atom. The van der Waals surface area contributed by atoms with Gasteiger partial charge < -0.3 is 4.74 Å². The fourth-order valence-corrected chi connectivity index (χ4v) is 1.06. The van der Waals surface area contributed by atoms with Gasteiger partial charge in [-0.1, -0.05) is 18.7 Å². The Balaban J connectivity index is 2.68. The van der Waals surface area contributed by atoms with Gasteiger partial charge in [0.1, 0.15) is 5.76 Å². The van der Waals surface area contributed by atoms with E-state index in [1.165, 1.54) is 0 Å². The number of ether oxygens (including phenoxy) is 1. The van der Waals surface area contributed by atoms with Crippen molar-refractivity contribution in [3.05, 3.63) is 36.1 Å². The molecule has 0 aliphatic carbocycles. The molecule has 11 heavy (non-hydrogen) atoms. The Bertz CT molecular complexity index is 211. The highest BCUT2D eigenvalue weighted by molar-refractivity contribution is 5.30. The lowest BCUT2D eigenvalue weighted by atomic mass is 10.1. The van der Waals surface area contributed by atoms with Crippen LogP contribution >= 0.6 is 0 Å². The average Bonchev–Trinajstić information content (AvgIpc) is 1.93. The van der Waals surface area contributed by atoms with Crippen molar-refractivity contribution in [3.8, 4) is 0 Å². The van der Waals surface area contributed by atoms with Crippen LogP contribution < -0.4 is 0 Å². The largest absolute Gasteiger partial charge is 0.493 e. The second-order valence-corrected chi connectivity index (χ2v) is 2.91. The first-order valence-electron chi connectivity index (χ1n) is 3.88. The molecule has 0 aromatic heterocycles. The lowest BCUT2D eigenvalue weighted by Crippen LogP contribution is -2.05. The van der Waals surface area contributed by atoms with Crippen molar-refractivity contribution in [2.75, 3.05) is 6.61 Å². The quantitative estimate of drug-likeness (QED) is 0.558. The molecule has 1 fully saturated rings. The summed E-state index contributed by atoms with van der Waals surface area (Å²) in [4.78, 5) is 0. The highest BCUT2D eigenvalue weighted by atomic mass is 16.5. The molecule has 1 rings (SSSR count). The maximum absolute atomic E-state index is 5.40. The van der Waals surface area contributed by atoms with Crippen LogP contribution in [0.25, 0.3) is 0 Å². The molecular formula is C10H14O. The fraction of sp³-hybridized carbons (Fsp3) is 0.400. The molecule has 0 N–H and O–H groups in total. The molecule has 1 heterocycles. The van der Waals surface area contributed by atoms with Crippen LogP contribution in [0.5, 0.6) is 0 Å². The molecule has 0 aromatic carbocycles. The van der Waals surface area contributed by atoms with E-state index in [1.54, 1.807) is 0 Å². The molecule has 0 radical (unpaired) electrons. The van der Waals surface area contributed by atoms with Crippen LogP contribution in [0.1, 0.15) is 19.8 Å². The predicted molar refractivity (Wildman–Crippen MR) is 47.2 cm³/mol. The Labute approximate surface area is 68.1 Å². The SMILES string of the molecule is C=C(C)/C=C1/OCCCC1=C. The summed E-state index contributed by atoms with van der Waals surface area (Å²) in [6.45, 7) is 10.5. The fourth-order valence-electron chi connectivity index (χ4n) is 1.06. The second-order valence-electron chi connectivity index (χ2n) is 2.91. The van der Waals surface area contributed by atoms with E-state index in [9.17, 15) is 0 Å². The number of hydrogen-bond donors (Lipinski definition) is 0. The van der Waals surface area contributed by atoms with Crippen LogP contribution in [0.3, 0.4) is 0 Å². The van der Waals surface area contributed by atoms with Crippen molar-refractivity contribution in [1.82, 2.24) is 0 Å². The highest BCUT2D eigenvalue weighted by Gasteiger charge is 2.09. The Morgan fingerprint density at radius 3 is 2.91 bits per heavy atom. The number of hydrogen-bond acceptors (Lipinski definition) is 1.